The number of thiocarbonyl (C=S) groups is 1. The number of nitrogens with one attached hydrogen (secondary N) is 2. The first-order valence-electron chi connectivity index (χ1n) is 8.05. The van der Waals surface area contributed by atoms with Crippen LogP contribution in [0.5, 0.6) is 5.75 Å². The summed E-state index contributed by atoms with van der Waals surface area (Å²) in [6.45, 7) is 6.21. The highest BCUT2D eigenvalue weighted by Gasteiger charge is 2.14. The Kier molecular flexibility index (Phi) is 7.34. The maximum Gasteiger partial charge on any atom is 0.264 e. The molecule has 2 N–H and O–H groups in total. The van der Waals surface area contributed by atoms with Gasteiger partial charge in [0, 0.05) is 0 Å². The normalized spacial score (nSPS) is 11.0. The second kappa shape index (κ2) is 9.11. The van der Waals surface area contributed by atoms with Crippen molar-refractivity contribution in [3.05, 3.63) is 57.0 Å². The number of hydrogen-bond acceptors (Lipinski definition) is 3. The standard InChI is InChI=1S/C19H19Cl3N2O2S/c1-19(2,3)11-4-6-12(7-5-11)26-10-17(25)24-18(27)23-16-9-14(21)13(20)8-15(16)22/h4-9H,10H2,1-3H3,(H2,23,24,25,27). The number of rotatable bonds is 4. The van der Waals surface area contributed by atoms with Gasteiger partial charge in [-0.05, 0) is 47.5 Å². The molecule has 8 heteroatoms. The van der Waals surface area contributed by atoms with Crippen molar-refractivity contribution >= 4 is 63.7 Å². The van der Waals surface area contributed by atoms with Crippen LogP contribution in [0.4, 0.5) is 5.69 Å². The van der Waals surface area contributed by atoms with E-state index in [1.807, 2.05) is 24.3 Å². The van der Waals surface area contributed by atoms with Crippen molar-refractivity contribution in [3.8, 4) is 5.75 Å². The highest BCUT2D eigenvalue weighted by atomic mass is 35.5. The van der Waals surface area contributed by atoms with Gasteiger partial charge in [0.1, 0.15) is 5.75 Å². The molecule has 2 aromatic rings. The van der Waals surface area contributed by atoms with Crippen molar-refractivity contribution in [1.29, 1.82) is 0 Å². The Morgan fingerprint density at radius 2 is 1.63 bits per heavy atom. The third-order valence-corrected chi connectivity index (χ3v) is 4.84. The maximum atomic E-state index is 12.0. The first kappa shape index (κ1) is 21.8. The second-order valence-electron chi connectivity index (χ2n) is 6.81. The fraction of sp³-hybridized carbons (Fsp3) is 0.263. The Balaban J connectivity index is 1.87. The third-order valence-electron chi connectivity index (χ3n) is 3.60. The minimum atomic E-state index is -0.399. The van der Waals surface area contributed by atoms with Crippen LogP contribution in [0, 0.1) is 0 Å². The zero-order valence-electron chi connectivity index (χ0n) is 15.0. The Morgan fingerprint density at radius 1 is 1.04 bits per heavy atom. The summed E-state index contributed by atoms with van der Waals surface area (Å²) in [7, 11) is 0. The predicted molar refractivity (Wildman–Crippen MR) is 116 cm³/mol. The lowest BCUT2D eigenvalue weighted by Gasteiger charge is -2.19. The molecule has 0 heterocycles. The van der Waals surface area contributed by atoms with Crippen LogP contribution in [-0.4, -0.2) is 17.6 Å². The van der Waals surface area contributed by atoms with E-state index in [1.54, 1.807) is 0 Å². The molecule has 0 fully saturated rings. The van der Waals surface area contributed by atoms with Crippen LogP contribution in [0.3, 0.4) is 0 Å². The molecule has 27 heavy (non-hydrogen) atoms. The molecule has 0 aliphatic heterocycles. The topological polar surface area (TPSA) is 50.4 Å². The van der Waals surface area contributed by atoms with Crippen LogP contribution in [0.1, 0.15) is 26.3 Å². The molecule has 0 aliphatic rings. The fourth-order valence-corrected chi connectivity index (χ4v) is 2.95. The van der Waals surface area contributed by atoms with Gasteiger partial charge in [0.25, 0.3) is 5.91 Å². The molecule has 0 bridgehead atoms. The molecule has 0 saturated heterocycles. The summed E-state index contributed by atoms with van der Waals surface area (Å²) in [5.74, 6) is 0.202. The van der Waals surface area contributed by atoms with Crippen LogP contribution in [0.25, 0.3) is 0 Å². The minimum absolute atomic E-state index is 0.0552. The SMILES string of the molecule is CC(C)(C)c1ccc(OCC(=O)NC(=S)Nc2cc(Cl)c(Cl)cc2Cl)cc1. The van der Waals surface area contributed by atoms with Gasteiger partial charge in [-0.3, -0.25) is 10.1 Å². The zero-order chi connectivity index (χ0) is 20.2. The number of benzene rings is 2. The first-order chi connectivity index (χ1) is 12.6. The second-order valence-corrected chi connectivity index (χ2v) is 8.44. The lowest BCUT2D eigenvalue weighted by atomic mass is 9.87. The smallest absolute Gasteiger partial charge is 0.264 e. The number of carbonyl (C=O) groups is 1. The Morgan fingerprint density at radius 3 is 2.22 bits per heavy atom. The van der Waals surface area contributed by atoms with Crippen molar-refractivity contribution in [1.82, 2.24) is 5.32 Å². The highest BCUT2D eigenvalue weighted by molar-refractivity contribution is 7.80. The van der Waals surface area contributed by atoms with E-state index in [0.29, 0.717) is 26.5 Å². The molecule has 144 valence electrons. The van der Waals surface area contributed by atoms with Crippen LogP contribution >= 0.6 is 47.0 Å². The summed E-state index contributed by atoms with van der Waals surface area (Å²) >= 11 is 23.0. The monoisotopic (exact) mass is 444 g/mol. The van der Waals surface area contributed by atoms with Crippen molar-refractivity contribution in [2.24, 2.45) is 0 Å². The average molecular weight is 446 g/mol. The molecule has 0 aromatic heterocycles. The molecular formula is C19H19Cl3N2O2S. The minimum Gasteiger partial charge on any atom is -0.484 e. The lowest BCUT2D eigenvalue weighted by Crippen LogP contribution is -2.37. The number of halogens is 3. The molecule has 0 aliphatic carbocycles. The summed E-state index contributed by atoms with van der Waals surface area (Å²) in [6, 6.07) is 10.6. The van der Waals surface area contributed by atoms with E-state index in [9.17, 15) is 4.79 Å². The van der Waals surface area contributed by atoms with Gasteiger partial charge in [-0.25, -0.2) is 0 Å². The van der Waals surface area contributed by atoms with E-state index in [4.69, 9.17) is 51.8 Å². The van der Waals surface area contributed by atoms with Crippen molar-refractivity contribution < 1.29 is 9.53 Å². The van der Waals surface area contributed by atoms with E-state index in [2.05, 4.69) is 31.4 Å². The molecule has 0 atom stereocenters. The fourth-order valence-electron chi connectivity index (χ4n) is 2.13. The molecule has 0 saturated carbocycles. The van der Waals surface area contributed by atoms with Crippen LogP contribution < -0.4 is 15.4 Å². The van der Waals surface area contributed by atoms with Crippen LogP contribution in [-0.2, 0) is 10.2 Å². The van der Waals surface area contributed by atoms with Crippen molar-refractivity contribution in [2.75, 3.05) is 11.9 Å². The molecular weight excluding hydrogens is 427 g/mol. The predicted octanol–water partition coefficient (Wildman–Crippen LogP) is 5.84. The molecule has 0 unspecified atom stereocenters. The summed E-state index contributed by atoms with van der Waals surface area (Å²) in [6.07, 6.45) is 0. The average Bonchev–Trinajstić information content (AvgIpc) is 2.57. The van der Waals surface area contributed by atoms with E-state index in [0.717, 1.165) is 0 Å². The molecule has 0 radical (unpaired) electrons. The zero-order valence-corrected chi connectivity index (χ0v) is 18.1. The maximum absolute atomic E-state index is 12.0. The van der Waals surface area contributed by atoms with E-state index in [1.165, 1.54) is 17.7 Å². The summed E-state index contributed by atoms with van der Waals surface area (Å²) < 4.78 is 5.48. The van der Waals surface area contributed by atoms with Gasteiger partial charge in [-0.1, -0.05) is 67.7 Å². The molecule has 2 rings (SSSR count). The van der Waals surface area contributed by atoms with Gasteiger partial charge in [-0.2, -0.15) is 0 Å². The Labute approximate surface area is 179 Å². The number of ether oxygens (including phenoxy) is 1. The van der Waals surface area contributed by atoms with Crippen LogP contribution in [0.2, 0.25) is 15.1 Å². The van der Waals surface area contributed by atoms with E-state index >= 15 is 0 Å². The van der Waals surface area contributed by atoms with Crippen molar-refractivity contribution in [2.45, 2.75) is 26.2 Å². The lowest BCUT2D eigenvalue weighted by molar-refractivity contribution is -0.121. The first-order valence-corrected chi connectivity index (χ1v) is 9.59. The molecule has 0 spiro atoms. The van der Waals surface area contributed by atoms with Gasteiger partial charge in [0.15, 0.2) is 11.7 Å². The highest BCUT2D eigenvalue weighted by Crippen LogP contribution is 2.32. The quantitative estimate of drug-likeness (QED) is 0.459. The summed E-state index contributed by atoms with van der Waals surface area (Å²) in [5.41, 5.74) is 1.68. The number of anilines is 1. The van der Waals surface area contributed by atoms with E-state index in [-0.39, 0.29) is 17.1 Å². The van der Waals surface area contributed by atoms with Crippen molar-refractivity contribution in [3.63, 3.8) is 0 Å². The largest absolute Gasteiger partial charge is 0.484 e. The third kappa shape index (κ3) is 6.54. The van der Waals surface area contributed by atoms with Crippen LogP contribution in [0.15, 0.2) is 36.4 Å². The Bertz CT molecular complexity index is 849. The van der Waals surface area contributed by atoms with Gasteiger partial charge >= 0.3 is 0 Å². The van der Waals surface area contributed by atoms with Gasteiger partial charge in [0.05, 0.1) is 20.8 Å². The number of carbonyl (C=O) groups excluding carboxylic acids is 1. The van der Waals surface area contributed by atoms with Gasteiger partial charge in [0.2, 0.25) is 0 Å². The van der Waals surface area contributed by atoms with Gasteiger partial charge < -0.3 is 10.1 Å². The molecule has 1 amide bonds. The number of amides is 1. The molecule has 2 aromatic carbocycles. The van der Waals surface area contributed by atoms with Gasteiger partial charge in [-0.15, -0.1) is 0 Å². The summed E-state index contributed by atoms with van der Waals surface area (Å²) in [4.78, 5) is 12.0. The summed E-state index contributed by atoms with van der Waals surface area (Å²) in [5, 5.41) is 6.37. The molecule has 4 nitrogen and oxygen atoms in total. The Hall–Kier alpha value is -1.53. The van der Waals surface area contributed by atoms with E-state index < -0.39 is 5.91 Å². The number of hydrogen-bond donors (Lipinski definition) is 2.